The molecule has 122 valence electrons. The first-order chi connectivity index (χ1) is 10.0. The van der Waals surface area contributed by atoms with Crippen LogP contribution in [0.15, 0.2) is 18.2 Å². The number of rotatable bonds is 3. The maximum atomic E-state index is 12.9. The molecule has 0 saturated carbocycles. The van der Waals surface area contributed by atoms with Crippen LogP contribution in [0.1, 0.15) is 12.0 Å². The number of benzene rings is 1. The predicted molar refractivity (Wildman–Crippen MR) is 68.8 cm³/mol. The van der Waals surface area contributed by atoms with Crippen molar-refractivity contribution in [1.82, 2.24) is 0 Å². The Morgan fingerprint density at radius 3 is 2.41 bits per heavy atom. The zero-order chi connectivity index (χ0) is 16.7. The molecule has 1 aliphatic rings. The van der Waals surface area contributed by atoms with E-state index in [0.717, 1.165) is 30.2 Å². The third-order valence-corrected chi connectivity index (χ3v) is 4.40. The van der Waals surface area contributed by atoms with Gasteiger partial charge in [0, 0.05) is 24.7 Å². The second-order valence-corrected chi connectivity index (χ2v) is 6.31. The first-order valence-electron chi connectivity index (χ1n) is 6.03. The fourth-order valence-corrected chi connectivity index (χ4v) is 2.86. The minimum absolute atomic E-state index is 0.0148. The zero-order valence-corrected chi connectivity index (χ0v) is 12.0. The number of carbonyl (C=O) groups is 1. The van der Waals surface area contributed by atoms with E-state index in [1.807, 2.05) is 0 Å². The Kier molecular flexibility index (Phi) is 4.07. The van der Waals surface area contributed by atoms with Gasteiger partial charge in [0.1, 0.15) is 11.0 Å². The van der Waals surface area contributed by atoms with Gasteiger partial charge in [0.25, 0.3) is 0 Å². The fourth-order valence-electron chi connectivity index (χ4n) is 2.19. The molecule has 1 aromatic rings. The highest BCUT2D eigenvalue weighted by Crippen LogP contribution is 2.39. The highest BCUT2D eigenvalue weighted by atomic mass is 32.3. The van der Waals surface area contributed by atoms with Crippen molar-refractivity contribution in [2.45, 2.75) is 17.8 Å². The minimum atomic E-state index is -4.90. The van der Waals surface area contributed by atoms with Gasteiger partial charge in [-0.2, -0.15) is 21.6 Å². The molecule has 0 N–H and O–H groups in total. The van der Waals surface area contributed by atoms with E-state index < -0.39 is 51.8 Å². The number of hydrogen-bond donors (Lipinski definition) is 0. The third-order valence-electron chi connectivity index (χ3n) is 3.29. The SMILES string of the molecule is COc1cc(N2CC(S(=O)(=O)F)CC2=O)ccc1C(F)(F)F. The molecule has 1 atom stereocenters. The van der Waals surface area contributed by atoms with Crippen LogP contribution < -0.4 is 9.64 Å². The summed E-state index contributed by atoms with van der Waals surface area (Å²) in [6.07, 6.45) is -5.19. The summed E-state index contributed by atoms with van der Waals surface area (Å²) in [5.74, 6) is -1.20. The number of hydrogen-bond acceptors (Lipinski definition) is 4. The van der Waals surface area contributed by atoms with E-state index in [2.05, 4.69) is 4.74 Å². The van der Waals surface area contributed by atoms with Crippen LogP contribution in [0.4, 0.5) is 22.7 Å². The Hall–Kier alpha value is -1.84. The van der Waals surface area contributed by atoms with Crippen LogP contribution in [0.5, 0.6) is 5.75 Å². The number of ether oxygens (including phenoxy) is 1. The van der Waals surface area contributed by atoms with Gasteiger partial charge in [-0.25, -0.2) is 0 Å². The molecule has 1 saturated heterocycles. The largest absolute Gasteiger partial charge is 0.496 e. The highest BCUT2D eigenvalue weighted by molar-refractivity contribution is 7.87. The van der Waals surface area contributed by atoms with Gasteiger partial charge in [-0.05, 0) is 12.1 Å². The van der Waals surface area contributed by atoms with Crippen LogP contribution in [0.2, 0.25) is 0 Å². The second kappa shape index (κ2) is 5.41. The molecule has 1 aromatic carbocycles. The molecule has 1 aliphatic heterocycles. The van der Waals surface area contributed by atoms with E-state index in [-0.39, 0.29) is 5.69 Å². The van der Waals surface area contributed by atoms with Gasteiger partial charge < -0.3 is 9.64 Å². The quantitative estimate of drug-likeness (QED) is 0.624. The number of methoxy groups -OCH3 is 1. The summed E-state index contributed by atoms with van der Waals surface area (Å²) >= 11 is 0. The topological polar surface area (TPSA) is 63.7 Å². The summed E-state index contributed by atoms with van der Waals surface area (Å²) in [5.41, 5.74) is -1.01. The molecule has 22 heavy (non-hydrogen) atoms. The maximum absolute atomic E-state index is 12.9. The Balaban J connectivity index is 2.37. The lowest BCUT2D eigenvalue weighted by Crippen LogP contribution is -2.27. The van der Waals surface area contributed by atoms with Gasteiger partial charge in [-0.1, -0.05) is 0 Å². The molecular formula is C12H11F4NO4S. The molecule has 1 unspecified atom stereocenters. The Morgan fingerprint density at radius 1 is 1.32 bits per heavy atom. The molecule has 0 aliphatic carbocycles. The van der Waals surface area contributed by atoms with Crippen LogP contribution in [0, 0.1) is 0 Å². The Morgan fingerprint density at radius 2 is 1.95 bits per heavy atom. The van der Waals surface area contributed by atoms with E-state index in [1.54, 1.807) is 0 Å². The molecule has 5 nitrogen and oxygen atoms in total. The summed E-state index contributed by atoms with van der Waals surface area (Å²) in [6, 6.07) is 2.70. The molecule has 1 amide bonds. The van der Waals surface area contributed by atoms with Crippen molar-refractivity contribution in [3.05, 3.63) is 23.8 Å². The molecule has 0 radical (unpaired) electrons. The molecule has 1 fully saturated rings. The fraction of sp³-hybridized carbons (Fsp3) is 0.417. The van der Waals surface area contributed by atoms with E-state index in [1.165, 1.54) is 0 Å². The average Bonchev–Trinajstić information content (AvgIpc) is 2.79. The van der Waals surface area contributed by atoms with Crippen LogP contribution in [-0.2, 0) is 21.2 Å². The van der Waals surface area contributed by atoms with Gasteiger partial charge >= 0.3 is 16.4 Å². The van der Waals surface area contributed by atoms with Gasteiger partial charge in [-0.15, -0.1) is 3.89 Å². The van der Waals surface area contributed by atoms with E-state index >= 15 is 0 Å². The molecule has 2 rings (SSSR count). The summed E-state index contributed by atoms with van der Waals surface area (Å²) < 4.78 is 77.5. The summed E-state index contributed by atoms with van der Waals surface area (Å²) in [4.78, 5) is 12.7. The normalized spacial score (nSPS) is 19.6. The molecule has 0 spiro atoms. The molecule has 1 heterocycles. The number of anilines is 1. The smallest absolute Gasteiger partial charge is 0.419 e. The Bertz CT molecular complexity index is 702. The van der Waals surface area contributed by atoms with Gasteiger partial charge in [0.05, 0.1) is 12.7 Å². The van der Waals surface area contributed by atoms with Gasteiger partial charge in [0.15, 0.2) is 0 Å². The van der Waals surface area contributed by atoms with Crippen molar-refractivity contribution < 1.29 is 35.0 Å². The zero-order valence-electron chi connectivity index (χ0n) is 11.2. The van der Waals surface area contributed by atoms with Crippen LogP contribution >= 0.6 is 0 Å². The average molecular weight is 341 g/mol. The number of alkyl halides is 3. The summed E-state index contributed by atoms with van der Waals surface area (Å²) in [6.45, 7) is -0.452. The van der Waals surface area contributed by atoms with Gasteiger partial charge in [-0.3, -0.25) is 4.79 Å². The maximum Gasteiger partial charge on any atom is 0.419 e. The lowest BCUT2D eigenvalue weighted by atomic mass is 10.1. The van der Waals surface area contributed by atoms with Crippen molar-refractivity contribution in [1.29, 1.82) is 0 Å². The van der Waals surface area contributed by atoms with Crippen molar-refractivity contribution in [2.24, 2.45) is 0 Å². The molecule has 10 heteroatoms. The Labute approximate surface area is 123 Å². The minimum Gasteiger partial charge on any atom is -0.496 e. The third kappa shape index (κ3) is 3.16. The lowest BCUT2D eigenvalue weighted by molar-refractivity contribution is -0.138. The highest BCUT2D eigenvalue weighted by Gasteiger charge is 2.40. The molecule has 0 aromatic heterocycles. The van der Waals surface area contributed by atoms with Crippen LogP contribution in [0.25, 0.3) is 0 Å². The van der Waals surface area contributed by atoms with Crippen molar-refractivity contribution in [3.8, 4) is 5.75 Å². The number of amides is 1. The van der Waals surface area contributed by atoms with E-state index in [9.17, 15) is 30.3 Å². The first kappa shape index (κ1) is 16.5. The van der Waals surface area contributed by atoms with Crippen LogP contribution in [-0.4, -0.2) is 33.2 Å². The predicted octanol–water partition coefficient (Wildman–Crippen LogP) is 2.12. The number of nitrogens with zero attached hydrogens (tertiary/aromatic N) is 1. The summed E-state index contributed by atoms with van der Waals surface area (Å²) in [7, 11) is -3.86. The number of halogens is 4. The van der Waals surface area contributed by atoms with E-state index in [0.29, 0.717) is 0 Å². The second-order valence-electron chi connectivity index (χ2n) is 4.69. The van der Waals surface area contributed by atoms with Gasteiger partial charge in [0.2, 0.25) is 5.91 Å². The van der Waals surface area contributed by atoms with Crippen LogP contribution in [0.3, 0.4) is 0 Å². The van der Waals surface area contributed by atoms with Crippen molar-refractivity contribution >= 4 is 21.8 Å². The van der Waals surface area contributed by atoms with E-state index in [4.69, 9.17) is 0 Å². The lowest BCUT2D eigenvalue weighted by Gasteiger charge is -2.19. The summed E-state index contributed by atoms with van der Waals surface area (Å²) in [5, 5.41) is -1.52. The first-order valence-corrected chi connectivity index (χ1v) is 7.47. The van der Waals surface area contributed by atoms with Crippen molar-refractivity contribution in [2.75, 3.05) is 18.6 Å². The number of carbonyl (C=O) groups excluding carboxylic acids is 1. The van der Waals surface area contributed by atoms with Crippen molar-refractivity contribution in [3.63, 3.8) is 0 Å². The standard InChI is InChI=1S/C12H11F4NO4S/c1-21-10-4-7(2-3-9(10)12(13,14)15)17-6-8(5-11(17)18)22(16,19)20/h2-4,8H,5-6H2,1H3. The monoisotopic (exact) mass is 341 g/mol. The molecule has 0 bridgehead atoms. The molecular weight excluding hydrogens is 330 g/mol.